The molecule has 2 fully saturated rings. The van der Waals surface area contributed by atoms with Gasteiger partial charge >= 0.3 is 12.1 Å². The zero-order valence-electron chi connectivity index (χ0n) is 22.6. The van der Waals surface area contributed by atoms with Gasteiger partial charge in [0.15, 0.2) is 0 Å². The fourth-order valence-corrected chi connectivity index (χ4v) is 6.02. The van der Waals surface area contributed by atoms with E-state index >= 15 is 0 Å². The molecule has 2 amide bonds. The highest BCUT2D eigenvalue weighted by Crippen LogP contribution is 2.49. The number of piperidine rings is 1. The Morgan fingerprint density at radius 2 is 1.68 bits per heavy atom. The van der Waals surface area contributed by atoms with Gasteiger partial charge in [-0.3, -0.25) is 9.59 Å². The monoisotopic (exact) mass is 563 g/mol. The van der Waals surface area contributed by atoms with E-state index in [1.54, 1.807) is 30.9 Å². The molecule has 2 N–H and O–H groups in total. The Bertz CT molecular complexity index is 1270. The summed E-state index contributed by atoms with van der Waals surface area (Å²) < 4.78 is 53.7. The molecule has 2 aliphatic heterocycles. The first-order chi connectivity index (χ1) is 18.7. The number of carbonyl (C=O) groups excluding carboxylic acids is 2. The molecule has 11 heteroatoms. The van der Waals surface area contributed by atoms with Crippen LogP contribution in [-0.4, -0.2) is 72.0 Å². The molecule has 216 valence electrons. The molecule has 2 heterocycles. The topological polar surface area (TPSA) is 90.0 Å². The number of carboxylic acids is 1. The predicted octanol–water partition coefficient (Wildman–Crippen LogP) is 4.64. The molecule has 40 heavy (non-hydrogen) atoms. The molecule has 2 aromatic rings. The number of hydrogen-bond donors (Lipinski definition) is 2. The number of likely N-dealkylation sites (tertiary alicyclic amines) is 2. The van der Waals surface area contributed by atoms with Gasteiger partial charge in [-0.1, -0.05) is 26.0 Å². The average Bonchev–Trinajstić information content (AvgIpc) is 3.21. The number of alkyl halides is 3. The first kappa shape index (κ1) is 29.5. The maximum absolute atomic E-state index is 14.3. The highest BCUT2D eigenvalue weighted by Gasteiger charge is 2.48. The molecule has 1 spiro atoms. The Balaban J connectivity index is 1.47. The third-order valence-electron chi connectivity index (χ3n) is 8.21. The van der Waals surface area contributed by atoms with Crippen molar-refractivity contribution < 1.29 is 37.1 Å². The van der Waals surface area contributed by atoms with Crippen LogP contribution in [0.25, 0.3) is 0 Å². The van der Waals surface area contributed by atoms with Crippen molar-refractivity contribution in [1.82, 2.24) is 15.1 Å². The summed E-state index contributed by atoms with van der Waals surface area (Å²) in [6, 6.07) is 7.48. The lowest BCUT2D eigenvalue weighted by molar-refractivity contribution is -0.138. The van der Waals surface area contributed by atoms with E-state index in [0.717, 1.165) is 18.7 Å². The van der Waals surface area contributed by atoms with E-state index in [2.05, 4.69) is 10.2 Å². The van der Waals surface area contributed by atoms with Gasteiger partial charge in [0.1, 0.15) is 11.9 Å². The van der Waals surface area contributed by atoms with E-state index in [9.17, 15) is 37.1 Å². The highest BCUT2D eigenvalue weighted by molar-refractivity contribution is 5.98. The van der Waals surface area contributed by atoms with Crippen molar-refractivity contribution in [2.24, 2.45) is 11.3 Å². The number of halogens is 4. The number of nitrogens with zero attached hydrogens (tertiary/aromatic N) is 2. The minimum Gasteiger partial charge on any atom is -0.478 e. The van der Waals surface area contributed by atoms with Crippen molar-refractivity contribution in [2.75, 3.05) is 33.2 Å². The molecule has 0 saturated carbocycles. The normalized spacial score (nSPS) is 20.1. The van der Waals surface area contributed by atoms with Crippen molar-refractivity contribution in [3.63, 3.8) is 0 Å². The molecule has 0 aliphatic carbocycles. The van der Waals surface area contributed by atoms with E-state index in [0.29, 0.717) is 44.1 Å². The van der Waals surface area contributed by atoms with E-state index < -0.39 is 41.0 Å². The lowest BCUT2D eigenvalue weighted by Crippen LogP contribution is -2.54. The summed E-state index contributed by atoms with van der Waals surface area (Å²) in [4.78, 5) is 41.5. The van der Waals surface area contributed by atoms with E-state index in [1.165, 1.54) is 0 Å². The van der Waals surface area contributed by atoms with Crippen LogP contribution in [0.2, 0.25) is 0 Å². The lowest BCUT2D eigenvalue weighted by Gasteiger charge is -2.44. The Kier molecular flexibility index (Phi) is 8.26. The van der Waals surface area contributed by atoms with Crippen molar-refractivity contribution >= 4 is 17.8 Å². The SMILES string of the molecule is CC(C)[C@@H](NC(=O)c1cc(C(F)(F)F)ccc1F)C(=O)N1CCC2(CC1)CN(C)CC2c1ccc(C(=O)O)cc1. The Morgan fingerprint density at radius 1 is 1.05 bits per heavy atom. The number of nitrogens with one attached hydrogen (secondary N) is 1. The first-order valence-corrected chi connectivity index (χ1v) is 13.2. The van der Waals surface area contributed by atoms with Crippen LogP contribution in [0.1, 0.15) is 64.4 Å². The smallest absolute Gasteiger partial charge is 0.416 e. The second-order valence-corrected chi connectivity index (χ2v) is 11.3. The average molecular weight is 564 g/mol. The number of carbonyl (C=O) groups is 3. The third-order valence-corrected chi connectivity index (χ3v) is 8.21. The summed E-state index contributed by atoms with van der Waals surface area (Å²) in [6.07, 6.45) is -3.37. The summed E-state index contributed by atoms with van der Waals surface area (Å²) in [5, 5.41) is 11.7. The zero-order chi connectivity index (χ0) is 29.4. The predicted molar refractivity (Wildman–Crippen MR) is 139 cm³/mol. The van der Waals surface area contributed by atoms with Gasteiger partial charge in [-0.05, 0) is 67.1 Å². The number of aromatic carboxylic acids is 1. The number of rotatable bonds is 6. The third kappa shape index (κ3) is 5.99. The van der Waals surface area contributed by atoms with Crippen molar-refractivity contribution in [3.05, 3.63) is 70.5 Å². The second kappa shape index (κ2) is 11.2. The standard InChI is InChI=1S/C29H33F4N3O4/c1-17(2)24(34-25(37)21-14-20(29(31,32)33)8-9-23(21)30)26(38)36-12-10-28(11-13-36)16-35(3)15-22(28)18-4-6-19(7-5-18)27(39)40/h4-9,14,17,22,24H,10-13,15-16H2,1-3H3,(H,34,37)(H,39,40)/t22?,24-/m1/s1. The minimum absolute atomic E-state index is 0.117. The van der Waals surface area contributed by atoms with Gasteiger partial charge in [-0.2, -0.15) is 13.2 Å². The van der Waals surface area contributed by atoms with E-state index in [-0.39, 0.29) is 28.7 Å². The van der Waals surface area contributed by atoms with Crippen LogP contribution in [0.5, 0.6) is 0 Å². The maximum atomic E-state index is 14.3. The summed E-state index contributed by atoms with van der Waals surface area (Å²) in [7, 11) is 2.03. The Hall–Kier alpha value is -3.47. The molecule has 0 bridgehead atoms. The fourth-order valence-electron chi connectivity index (χ4n) is 6.02. The fraction of sp³-hybridized carbons (Fsp3) is 0.483. The van der Waals surface area contributed by atoms with Gasteiger partial charge in [0.05, 0.1) is 16.7 Å². The minimum atomic E-state index is -4.75. The van der Waals surface area contributed by atoms with Crippen LogP contribution < -0.4 is 5.32 Å². The molecule has 4 rings (SSSR count). The quantitative estimate of drug-likeness (QED) is 0.500. The molecule has 2 aromatic carbocycles. The molecule has 2 saturated heterocycles. The van der Waals surface area contributed by atoms with Crippen molar-refractivity contribution in [1.29, 1.82) is 0 Å². The molecule has 0 aromatic heterocycles. The zero-order valence-corrected chi connectivity index (χ0v) is 22.6. The molecule has 2 aliphatic rings. The van der Waals surface area contributed by atoms with Crippen LogP contribution in [0.15, 0.2) is 42.5 Å². The number of benzene rings is 2. The second-order valence-electron chi connectivity index (χ2n) is 11.3. The highest BCUT2D eigenvalue weighted by atomic mass is 19.4. The maximum Gasteiger partial charge on any atom is 0.416 e. The number of carboxylic acid groups (broad SMARTS) is 1. The van der Waals surface area contributed by atoms with Crippen LogP contribution >= 0.6 is 0 Å². The van der Waals surface area contributed by atoms with Gasteiger partial charge in [0.2, 0.25) is 5.91 Å². The Labute approximate surface area is 230 Å². The molecular weight excluding hydrogens is 530 g/mol. The molecular formula is C29H33F4N3O4. The summed E-state index contributed by atoms with van der Waals surface area (Å²) in [5.74, 6) is -3.76. The molecule has 0 radical (unpaired) electrons. The molecule has 7 nitrogen and oxygen atoms in total. The van der Waals surface area contributed by atoms with Gasteiger partial charge in [-0.15, -0.1) is 0 Å². The van der Waals surface area contributed by atoms with E-state index in [1.807, 2.05) is 19.2 Å². The van der Waals surface area contributed by atoms with Crippen molar-refractivity contribution in [2.45, 2.75) is 44.8 Å². The van der Waals surface area contributed by atoms with Gasteiger partial charge in [0.25, 0.3) is 5.91 Å². The van der Waals surface area contributed by atoms with Crippen LogP contribution in [0, 0.1) is 17.2 Å². The van der Waals surface area contributed by atoms with Crippen LogP contribution in [0.4, 0.5) is 17.6 Å². The largest absolute Gasteiger partial charge is 0.478 e. The Morgan fingerprint density at radius 3 is 2.23 bits per heavy atom. The van der Waals surface area contributed by atoms with E-state index in [4.69, 9.17) is 0 Å². The number of amides is 2. The van der Waals surface area contributed by atoms with Crippen LogP contribution in [0.3, 0.4) is 0 Å². The molecule has 2 atom stereocenters. The van der Waals surface area contributed by atoms with Gasteiger partial charge in [0, 0.05) is 32.1 Å². The van der Waals surface area contributed by atoms with Crippen LogP contribution in [-0.2, 0) is 11.0 Å². The molecule has 1 unspecified atom stereocenters. The number of likely N-dealkylation sites (N-methyl/N-ethyl adjacent to an activating group) is 1. The summed E-state index contributed by atoms with van der Waals surface area (Å²) in [6.45, 7) is 5.88. The lowest BCUT2D eigenvalue weighted by atomic mass is 9.68. The number of hydrogen-bond acceptors (Lipinski definition) is 4. The summed E-state index contributed by atoms with van der Waals surface area (Å²) in [5.41, 5.74) is -0.771. The first-order valence-electron chi connectivity index (χ1n) is 13.2. The van der Waals surface area contributed by atoms with Gasteiger partial charge in [-0.25, -0.2) is 9.18 Å². The van der Waals surface area contributed by atoms with Gasteiger partial charge < -0.3 is 20.2 Å². The van der Waals surface area contributed by atoms with Crippen molar-refractivity contribution in [3.8, 4) is 0 Å². The summed E-state index contributed by atoms with van der Waals surface area (Å²) >= 11 is 0.